The van der Waals surface area contributed by atoms with Gasteiger partial charge in [0.05, 0.1) is 52.7 Å². The van der Waals surface area contributed by atoms with Gasteiger partial charge in [0.15, 0.2) is 0 Å². The van der Waals surface area contributed by atoms with Gasteiger partial charge in [0.2, 0.25) is 0 Å². The number of nitrogens with zero attached hydrogens (tertiary/aromatic N) is 2. The van der Waals surface area contributed by atoms with Crippen LogP contribution in [0.1, 0.15) is 194 Å². The molecule has 0 aliphatic heterocycles. The molecule has 0 rings (SSSR count). The first-order valence-electron chi connectivity index (χ1n) is 23.5. The van der Waals surface area contributed by atoms with Crippen LogP contribution in [0.25, 0.3) is 0 Å². The van der Waals surface area contributed by atoms with Crippen molar-refractivity contribution < 1.29 is 57.1 Å². The van der Waals surface area contributed by atoms with Gasteiger partial charge in [0.25, 0.3) is 0 Å². The Kier molecular flexibility index (Phi) is 49.8. The molecule has 0 spiro atoms. The van der Waals surface area contributed by atoms with Crippen LogP contribution >= 0.6 is 0 Å². The van der Waals surface area contributed by atoms with Crippen molar-refractivity contribution in [1.82, 2.24) is 0 Å². The van der Waals surface area contributed by atoms with Crippen molar-refractivity contribution in [3.8, 4) is 0 Å². The Morgan fingerprint density at radius 3 is 0.579 bits per heavy atom. The lowest BCUT2D eigenvalue weighted by atomic mass is 10.0. The van der Waals surface area contributed by atoms with Crippen LogP contribution in [0.5, 0.6) is 0 Å². The molecule has 0 saturated heterocycles. The van der Waals surface area contributed by atoms with Crippen molar-refractivity contribution in [2.75, 3.05) is 92.0 Å². The minimum Gasteiger partial charge on any atom is -0.759 e. The molecule has 0 saturated carbocycles. The number of hydrogen-bond donors (Lipinski definition) is 6. The average Bonchev–Trinajstić information content (AvgIpc) is 3.15. The molecule has 0 heterocycles. The van der Waals surface area contributed by atoms with Gasteiger partial charge in [-0.05, 0) is 25.7 Å². The molecule has 12 nitrogen and oxygen atoms in total. The van der Waals surface area contributed by atoms with Crippen molar-refractivity contribution >= 4 is 10.4 Å². The number of unbranched alkanes of at least 4 members (excludes halogenated alkanes) is 26. The summed E-state index contributed by atoms with van der Waals surface area (Å²) in [6.45, 7) is 11.0. The zero-order valence-electron chi connectivity index (χ0n) is 37.3. The highest BCUT2D eigenvalue weighted by Crippen LogP contribution is 2.16. The molecule has 0 aliphatic rings. The molecule has 57 heavy (non-hydrogen) atoms. The molecule has 13 heteroatoms. The summed E-state index contributed by atoms with van der Waals surface area (Å²) < 4.78 is 35.4. The van der Waals surface area contributed by atoms with Crippen molar-refractivity contribution in [1.29, 1.82) is 0 Å². The molecule has 6 N–H and O–H groups in total. The summed E-state index contributed by atoms with van der Waals surface area (Å²) in [5.41, 5.74) is 0. The molecule has 0 aromatic rings. The van der Waals surface area contributed by atoms with E-state index in [-0.39, 0.29) is 39.6 Å². The maximum Gasteiger partial charge on any atom is 0.102 e. The van der Waals surface area contributed by atoms with Crippen LogP contribution in [0.2, 0.25) is 0 Å². The Labute approximate surface area is 352 Å². The molecule has 0 aromatic heterocycles. The summed E-state index contributed by atoms with van der Waals surface area (Å²) in [5, 5.41) is 55.7. The molecular formula is C44H96N2O10S. The Morgan fingerprint density at radius 1 is 0.298 bits per heavy atom. The number of aliphatic hydroxyl groups is 6. The Balaban J connectivity index is -0.000000913. The van der Waals surface area contributed by atoms with Gasteiger partial charge in [-0.2, -0.15) is 0 Å². The SMILES string of the molecule is CCCCCCCCCCCCCCCC[N+](CCO)(CCO)CCO.CCCCCCCCCCCCCCCC[N+](CCO)(CCO)CCO.O=S(=O)([O-])[O-]. The van der Waals surface area contributed by atoms with Crippen LogP contribution in [0.3, 0.4) is 0 Å². The van der Waals surface area contributed by atoms with E-state index in [1.54, 1.807) is 0 Å². The monoisotopic (exact) mass is 845 g/mol. The normalized spacial score (nSPS) is 12.0. The molecular weight excluding hydrogens is 749 g/mol. The second-order valence-corrected chi connectivity index (χ2v) is 17.2. The van der Waals surface area contributed by atoms with Crippen molar-refractivity contribution in [3.05, 3.63) is 0 Å². The van der Waals surface area contributed by atoms with Gasteiger partial charge in [0.1, 0.15) is 39.3 Å². The third kappa shape index (κ3) is 48.1. The van der Waals surface area contributed by atoms with E-state index in [4.69, 9.17) is 17.5 Å². The maximum atomic E-state index is 9.29. The summed E-state index contributed by atoms with van der Waals surface area (Å²) in [4.78, 5) is 0. The lowest BCUT2D eigenvalue weighted by molar-refractivity contribution is -0.929. The first-order chi connectivity index (χ1) is 27.5. The molecule has 0 fully saturated rings. The van der Waals surface area contributed by atoms with E-state index < -0.39 is 10.4 Å². The molecule has 0 bridgehead atoms. The van der Waals surface area contributed by atoms with Crippen LogP contribution in [-0.2, 0) is 10.4 Å². The highest BCUT2D eigenvalue weighted by molar-refractivity contribution is 7.79. The Bertz CT molecular complexity index is 774. The smallest absolute Gasteiger partial charge is 0.102 e. The lowest BCUT2D eigenvalue weighted by Crippen LogP contribution is -2.53. The largest absolute Gasteiger partial charge is 0.759 e. The fourth-order valence-electron chi connectivity index (χ4n) is 7.90. The van der Waals surface area contributed by atoms with E-state index in [0.29, 0.717) is 48.2 Å². The van der Waals surface area contributed by atoms with Gasteiger partial charge >= 0.3 is 0 Å². The number of aliphatic hydroxyl groups excluding tert-OH is 6. The molecule has 0 radical (unpaired) electrons. The number of quaternary nitrogens is 2. The standard InChI is InChI=1S/2C22H48NO3.H2O4S/c2*1-2-3-4-5-6-7-8-9-10-11-12-13-14-15-16-23(17-20-24,18-21-25)19-22-26;1-5(2,3)4/h2*24-26H,2-22H2,1H3;(H2,1,2,3,4)/q2*+1;/p-2. The topological polar surface area (TPSA) is 202 Å². The molecule has 0 aromatic carbocycles. The third-order valence-electron chi connectivity index (χ3n) is 11.4. The predicted molar refractivity (Wildman–Crippen MR) is 233 cm³/mol. The van der Waals surface area contributed by atoms with Crippen molar-refractivity contribution in [3.63, 3.8) is 0 Å². The van der Waals surface area contributed by atoms with E-state index in [9.17, 15) is 30.6 Å². The van der Waals surface area contributed by atoms with Crippen LogP contribution < -0.4 is 0 Å². The van der Waals surface area contributed by atoms with Crippen molar-refractivity contribution in [2.24, 2.45) is 0 Å². The molecule has 0 aliphatic carbocycles. The number of rotatable bonds is 42. The van der Waals surface area contributed by atoms with Crippen LogP contribution in [0.15, 0.2) is 0 Å². The van der Waals surface area contributed by atoms with Crippen LogP contribution in [0.4, 0.5) is 0 Å². The van der Waals surface area contributed by atoms with E-state index in [2.05, 4.69) is 13.8 Å². The van der Waals surface area contributed by atoms with Gasteiger partial charge in [-0.3, -0.25) is 8.42 Å². The van der Waals surface area contributed by atoms with Gasteiger partial charge in [-0.1, -0.05) is 168 Å². The minimum atomic E-state index is -5.17. The third-order valence-corrected chi connectivity index (χ3v) is 11.4. The fraction of sp³-hybridized carbons (Fsp3) is 1.00. The summed E-state index contributed by atoms with van der Waals surface area (Å²) in [5.74, 6) is 0. The quantitative estimate of drug-likeness (QED) is 0.0158. The first-order valence-corrected chi connectivity index (χ1v) is 24.8. The van der Waals surface area contributed by atoms with Gasteiger partial charge in [-0.15, -0.1) is 0 Å². The first kappa shape index (κ1) is 60.9. The average molecular weight is 845 g/mol. The fourth-order valence-corrected chi connectivity index (χ4v) is 7.90. The van der Waals surface area contributed by atoms with Crippen LogP contribution in [0, 0.1) is 0 Å². The van der Waals surface area contributed by atoms with Crippen LogP contribution in [-0.4, -0.2) is 149 Å². The lowest BCUT2D eigenvalue weighted by Gasteiger charge is -2.37. The molecule has 0 atom stereocenters. The number of hydrogen-bond acceptors (Lipinski definition) is 10. The summed E-state index contributed by atoms with van der Waals surface area (Å²) >= 11 is 0. The van der Waals surface area contributed by atoms with E-state index in [1.807, 2.05) is 0 Å². The minimum absolute atomic E-state index is 0.124. The molecule has 0 unspecified atom stereocenters. The highest BCUT2D eigenvalue weighted by Gasteiger charge is 2.26. The zero-order chi connectivity index (χ0) is 43.2. The van der Waals surface area contributed by atoms with E-state index >= 15 is 0 Å². The van der Waals surface area contributed by atoms with E-state index in [0.717, 1.165) is 25.9 Å². The molecule has 0 amide bonds. The van der Waals surface area contributed by atoms with Crippen molar-refractivity contribution in [2.45, 2.75) is 194 Å². The Morgan fingerprint density at radius 2 is 0.439 bits per heavy atom. The zero-order valence-corrected chi connectivity index (χ0v) is 38.1. The summed E-state index contributed by atoms with van der Waals surface area (Å²) in [7, 11) is -5.17. The summed E-state index contributed by atoms with van der Waals surface area (Å²) in [6.07, 6.45) is 37.9. The summed E-state index contributed by atoms with van der Waals surface area (Å²) in [6, 6.07) is 0. The maximum absolute atomic E-state index is 9.29. The highest BCUT2D eigenvalue weighted by atomic mass is 32.3. The second-order valence-electron chi connectivity index (χ2n) is 16.4. The Hall–Kier alpha value is -0.450. The molecule has 348 valence electrons. The van der Waals surface area contributed by atoms with Gasteiger partial charge in [-0.25, -0.2) is 0 Å². The second kappa shape index (κ2) is 46.6. The van der Waals surface area contributed by atoms with E-state index in [1.165, 1.54) is 167 Å². The van der Waals surface area contributed by atoms with Gasteiger partial charge in [0, 0.05) is 10.4 Å². The predicted octanol–water partition coefficient (Wildman–Crippen LogP) is 7.18. The van der Waals surface area contributed by atoms with Gasteiger partial charge < -0.3 is 48.7 Å².